The summed E-state index contributed by atoms with van der Waals surface area (Å²) in [5, 5.41) is 12.9. The Balaban J connectivity index is 2.74. The fourth-order valence-electron chi connectivity index (χ4n) is 1.65. The van der Waals surface area contributed by atoms with Crippen LogP contribution >= 0.6 is 0 Å². The van der Waals surface area contributed by atoms with Gasteiger partial charge in [-0.2, -0.15) is 0 Å². The molecule has 0 aliphatic carbocycles. The van der Waals surface area contributed by atoms with Gasteiger partial charge in [0.25, 0.3) is 0 Å². The summed E-state index contributed by atoms with van der Waals surface area (Å²) in [6, 6.07) is 5.19. The number of aliphatic hydroxyl groups is 1. The first-order valence-electron chi connectivity index (χ1n) is 6.55. The Morgan fingerprint density at radius 1 is 1.35 bits per heavy atom. The average molecular weight is 301 g/mol. The molecule has 0 bridgehead atoms. The van der Waals surface area contributed by atoms with Gasteiger partial charge in [-0.3, -0.25) is 0 Å². The molecule has 0 aliphatic rings. The van der Waals surface area contributed by atoms with Gasteiger partial charge in [-0.05, 0) is 24.6 Å². The number of aryl methyl sites for hydroxylation is 1. The van der Waals surface area contributed by atoms with E-state index in [4.69, 9.17) is 4.74 Å². The number of benzene rings is 1. The molecule has 0 fully saturated rings. The zero-order chi connectivity index (χ0) is 15.3. The van der Waals surface area contributed by atoms with E-state index in [1.165, 1.54) is 6.07 Å². The van der Waals surface area contributed by atoms with Crippen LogP contribution in [0.2, 0.25) is 0 Å². The Morgan fingerprint density at radius 3 is 2.55 bits per heavy atom. The van der Waals surface area contributed by atoms with Gasteiger partial charge in [-0.1, -0.05) is 19.9 Å². The SMILES string of the molecule is Cc1ccc(S(C)(=O)=O)c(OCC(O)CNC(C)C)c1. The van der Waals surface area contributed by atoms with Crippen molar-refractivity contribution in [2.45, 2.75) is 37.8 Å². The zero-order valence-electron chi connectivity index (χ0n) is 12.4. The number of sulfone groups is 1. The van der Waals surface area contributed by atoms with Crippen molar-refractivity contribution >= 4 is 9.84 Å². The molecule has 0 radical (unpaired) electrons. The van der Waals surface area contributed by atoms with Gasteiger partial charge in [-0.15, -0.1) is 0 Å². The van der Waals surface area contributed by atoms with Crippen molar-refractivity contribution in [1.29, 1.82) is 0 Å². The largest absolute Gasteiger partial charge is 0.489 e. The van der Waals surface area contributed by atoms with E-state index in [-0.39, 0.29) is 23.3 Å². The quantitative estimate of drug-likeness (QED) is 0.790. The Bertz CT molecular complexity index is 540. The molecule has 0 spiro atoms. The van der Waals surface area contributed by atoms with Crippen LogP contribution in [0.1, 0.15) is 19.4 Å². The summed E-state index contributed by atoms with van der Waals surface area (Å²) in [4.78, 5) is 0.145. The molecule has 6 heteroatoms. The predicted octanol–water partition coefficient (Wildman–Crippen LogP) is 1.14. The molecule has 1 aromatic carbocycles. The molecule has 20 heavy (non-hydrogen) atoms. The van der Waals surface area contributed by atoms with E-state index in [9.17, 15) is 13.5 Å². The number of nitrogens with one attached hydrogen (secondary N) is 1. The second-order valence-corrected chi connectivity index (χ2v) is 7.23. The minimum Gasteiger partial charge on any atom is -0.489 e. The molecule has 0 amide bonds. The monoisotopic (exact) mass is 301 g/mol. The van der Waals surface area contributed by atoms with Gasteiger partial charge in [0.15, 0.2) is 9.84 Å². The Labute approximate surface area is 120 Å². The summed E-state index contributed by atoms with van der Waals surface area (Å²) in [6.45, 7) is 6.27. The average Bonchev–Trinajstić information content (AvgIpc) is 2.32. The van der Waals surface area contributed by atoms with Crippen LogP contribution in [0.25, 0.3) is 0 Å². The minimum atomic E-state index is -3.35. The van der Waals surface area contributed by atoms with Crippen LogP contribution < -0.4 is 10.1 Å². The molecular formula is C14H23NO4S. The van der Waals surface area contributed by atoms with Crippen molar-refractivity contribution in [1.82, 2.24) is 5.32 Å². The van der Waals surface area contributed by atoms with E-state index in [2.05, 4.69) is 5.32 Å². The van der Waals surface area contributed by atoms with Gasteiger partial charge in [0.2, 0.25) is 0 Å². The van der Waals surface area contributed by atoms with Crippen molar-refractivity contribution in [2.24, 2.45) is 0 Å². The fraction of sp³-hybridized carbons (Fsp3) is 0.571. The summed E-state index contributed by atoms with van der Waals surface area (Å²) in [7, 11) is -3.35. The van der Waals surface area contributed by atoms with E-state index in [1.807, 2.05) is 20.8 Å². The summed E-state index contributed by atoms with van der Waals surface area (Å²) in [6.07, 6.45) is 0.451. The first-order chi connectivity index (χ1) is 9.20. The third-order valence-corrected chi connectivity index (χ3v) is 3.83. The highest BCUT2D eigenvalue weighted by atomic mass is 32.2. The lowest BCUT2D eigenvalue weighted by atomic mass is 10.2. The second kappa shape index (κ2) is 7.06. The third kappa shape index (κ3) is 5.48. The first kappa shape index (κ1) is 16.9. The second-order valence-electron chi connectivity index (χ2n) is 5.25. The van der Waals surface area contributed by atoms with E-state index in [1.54, 1.807) is 12.1 Å². The predicted molar refractivity (Wildman–Crippen MR) is 78.9 cm³/mol. The summed E-state index contributed by atoms with van der Waals surface area (Å²) in [5.41, 5.74) is 0.905. The molecule has 5 nitrogen and oxygen atoms in total. The van der Waals surface area contributed by atoms with Crippen LogP contribution in [-0.2, 0) is 9.84 Å². The molecule has 1 atom stereocenters. The number of ether oxygens (including phenoxy) is 1. The normalized spacial score (nSPS) is 13.5. The van der Waals surface area contributed by atoms with Gasteiger partial charge in [-0.25, -0.2) is 8.42 Å². The topological polar surface area (TPSA) is 75.6 Å². The lowest BCUT2D eigenvalue weighted by Gasteiger charge is -2.16. The maximum Gasteiger partial charge on any atom is 0.179 e. The lowest BCUT2D eigenvalue weighted by Crippen LogP contribution is -2.35. The van der Waals surface area contributed by atoms with Crippen LogP contribution in [0.15, 0.2) is 23.1 Å². The molecule has 1 unspecified atom stereocenters. The molecule has 1 rings (SSSR count). The molecule has 0 saturated heterocycles. The number of aliphatic hydroxyl groups excluding tert-OH is 1. The molecule has 0 saturated carbocycles. The third-order valence-electron chi connectivity index (χ3n) is 2.69. The van der Waals surface area contributed by atoms with Crippen LogP contribution in [0.4, 0.5) is 0 Å². The molecule has 2 N–H and O–H groups in total. The van der Waals surface area contributed by atoms with Gasteiger partial charge >= 0.3 is 0 Å². The summed E-state index contributed by atoms with van der Waals surface area (Å²) >= 11 is 0. The number of rotatable bonds is 7. The Hall–Kier alpha value is -1.11. The zero-order valence-corrected chi connectivity index (χ0v) is 13.2. The minimum absolute atomic E-state index is 0.0473. The van der Waals surface area contributed by atoms with Gasteiger partial charge in [0.1, 0.15) is 23.4 Å². The molecule has 114 valence electrons. The highest BCUT2D eigenvalue weighted by Gasteiger charge is 2.16. The van der Waals surface area contributed by atoms with Crippen LogP contribution in [0.5, 0.6) is 5.75 Å². The maximum absolute atomic E-state index is 11.7. The van der Waals surface area contributed by atoms with E-state index >= 15 is 0 Å². The fourth-order valence-corrected chi connectivity index (χ4v) is 2.45. The highest BCUT2D eigenvalue weighted by molar-refractivity contribution is 7.90. The van der Waals surface area contributed by atoms with Gasteiger partial charge in [0, 0.05) is 18.8 Å². The van der Waals surface area contributed by atoms with Crippen molar-refractivity contribution in [2.75, 3.05) is 19.4 Å². The molecule has 1 aromatic rings. The van der Waals surface area contributed by atoms with Crippen LogP contribution in [0, 0.1) is 6.92 Å². The molecule has 0 aromatic heterocycles. The van der Waals surface area contributed by atoms with Crippen molar-refractivity contribution < 1.29 is 18.3 Å². The van der Waals surface area contributed by atoms with Gasteiger partial charge < -0.3 is 15.2 Å². The van der Waals surface area contributed by atoms with Crippen molar-refractivity contribution in [3.63, 3.8) is 0 Å². The number of hydrogen-bond acceptors (Lipinski definition) is 5. The van der Waals surface area contributed by atoms with Crippen LogP contribution in [0.3, 0.4) is 0 Å². The highest BCUT2D eigenvalue weighted by Crippen LogP contribution is 2.25. The summed E-state index contributed by atoms with van der Waals surface area (Å²) < 4.78 is 28.8. The standard InChI is InChI=1S/C14H23NO4S/c1-10(2)15-8-12(16)9-19-13-7-11(3)5-6-14(13)20(4,17)18/h5-7,10,12,15-16H,8-9H2,1-4H3. The van der Waals surface area contributed by atoms with E-state index in [0.29, 0.717) is 6.54 Å². The summed E-state index contributed by atoms with van der Waals surface area (Å²) in [5.74, 6) is 0.288. The van der Waals surface area contributed by atoms with E-state index in [0.717, 1.165) is 11.8 Å². The first-order valence-corrected chi connectivity index (χ1v) is 8.44. The van der Waals surface area contributed by atoms with Gasteiger partial charge in [0.05, 0.1) is 0 Å². The number of hydrogen-bond donors (Lipinski definition) is 2. The van der Waals surface area contributed by atoms with Crippen LogP contribution in [-0.4, -0.2) is 45.1 Å². The smallest absolute Gasteiger partial charge is 0.179 e. The maximum atomic E-state index is 11.7. The Morgan fingerprint density at radius 2 is 2.00 bits per heavy atom. The lowest BCUT2D eigenvalue weighted by molar-refractivity contribution is 0.103. The van der Waals surface area contributed by atoms with Crippen molar-refractivity contribution in [3.05, 3.63) is 23.8 Å². The molecule has 0 aliphatic heterocycles. The molecular weight excluding hydrogens is 278 g/mol. The molecule has 0 heterocycles. The Kier molecular flexibility index (Phi) is 5.98. The van der Waals surface area contributed by atoms with Crippen molar-refractivity contribution in [3.8, 4) is 5.75 Å². The van der Waals surface area contributed by atoms with E-state index < -0.39 is 15.9 Å².